The maximum absolute atomic E-state index is 12.7. The number of nitrogens with zero attached hydrogens (tertiary/aromatic N) is 2. The average molecular weight is 288 g/mol. The van der Waals surface area contributed by atoms with Gasteiger partial charge in [-0.2, -0.15) is 0 Å². The van der Waals surface area contributed by atoms with Crippen molar-refractivity contribution < 1.29 is 8.97 Å². The average Bonchev–Trinajstić information content (AvgIpc) is 3.09. The molecule has 1 aromatic carbocycles. The molecule has 1 unspecified atom stereocenters. The van der Waals surface area contributed by atoms with Gasteiger partial charge in [0.15, 0.2) is 4.90 Å². The van der Waals surface area contributed by atoms with E-state index in [1.54, 1.807) is 6.26 Å². The van der Waals surface area contributed by atoms with Gasteiger partial charge in [0, 0.05) is 24.5 Å². The van der Waals surface area contributed by atoms with Crippen LogP contribution in [0.5, 0.6) is 0 Å². The zero-order chi connectivity index (χ0) is 13.7. The quantitative estimate of drug-likeness (QED) is 0.626. The summed E-state index contributed by atoms with van der Waals surface area (Å²) in [6.07, 6.45) is 1.67. The van der Waals surface area contributed by atoms with Gasteiger partial charge in [-0.1, -0.05) is 0 Å². The molecule has 0 radical (unpaired) electrons. The van der Waals surface area contributed by atoms with Crippen LogP contribution < -0.4 is 0 Å². The van der Waals surface area contributed by atoms with Crippen LogP contribution in [0, 0.1) is 0 Å². The van der Waals surface area contributed by atoms with Crippen molar-refractivity contribution in [3.8, 4) is 0 Å². The van der Waals surface area contributed by atoms with Crippen LogP contribution >= 0.6 is 0 Å². The molecule has 2 aliphatic rings. The molecule has 0 fully saturated rings. The summed E-state index contributed by atoms with van der Waals surface area (Å²) >= 11 is -1.09. The molecule has 4 rings (SSSR count). The maximum Gasteiger partial charge on any atom is 0.175 e. The molecule has 4 nitrogen and oxygen atoms in total. The largest absolute Gasteiger partial charge is 0.593 e. The molecule has 0 saturated heterocycles. The van der Waals surface area contributed by atoms with Gasteiger partial charge in [-0.05, 0) is 36.4 Å². The van der Waals surface area contributed by atoms with E-state index in [0.717, 1.165) is 42.0 Å². The minimum absolute atomic E-state index is 0.829. The van der Waals surface area contributed by atoms with E-state index in [1.807, 2.05) is 24.3 Å². The predicted octanol–water partition coefficient (Wildman–Crippen LogP) is 2.01. The highest BCUT2D eigenvalue weighted by Gasteiger charge is 2.35. The molecule has 0 saturated carbocycles. The lowest BCUT2D eigenvalue weighted by molar-refractivity contribution is 0.389. The molecule has 0 amide bonds. The van der Waals surface area contributed by atoms with Crippen molar-refractivity contribution in [3.05, 3.63) is 41.7 Å². The Balaban J connectivity index is 1.55. The fourth-order valence-electron chi connectivity index (χ4n) is 3.06. The topological polar surface area (TPSA) is 42.7 Å². The molecule has 0 aliphatic carbocycles. The van der Waals surface area contributed by atoms with Crippen molar-refractivity contribution in [3.63, 3.8) is 0 Å². The summed E-state index contributed by atoms with van der Waals surface area (Å²) in [4.78, 5) is 3.16. The Morgan fingerprint density at radius 1 is 1.10 bits per heavy atom. The van der Waals surface area contributed by atoms with E-state index in [1.165, 1.54) is 11.1 Å². The van der Waals surface area contributed by atoms with Gasteiger partial charge in [-0.3, -0.25) is 4.90 Å². The first-order valence-electron chi connectivity index (χ1n) is 6.73. The van der Waals surface area contributed by atoms with Gasteiger partial charge >= 0.3 is 0 Å². The number of furan rings is 1. The molecule has 3 heterocycles. The van der Waals surface area contributed by atoms with Gasteiger partial charge in [-0.15, -0.1) is 4.31 Å². The van der Waals surface area contributed by atoms with E-state index < -0.39 is 11.4 Å². The standard InChI is InChI=1S/C15H16N2O2S/c1-16-7-12-9-17(10-13(12)8-16)20(18)14-2-3-15-11(6-14)4-5-19-15/h2-6H,7-10H2,1H3. The van der Waals surface area contributed by atoms with Crippen molar-refractivity contribution in [1.82, 2.24) is 9.21 Å². The molecular weight excluding hydrogens is 272 g/mol. The van der Waals surface area contributed by atoms with Gasteiger partial charge < -0.3 is 8.97 Å². The summed E-state index contributed by atoms with van der Waals surface area (Å²) in [5, 5.41) is 1.01. The van der Waals surface area contributed by atoms with E-state index in [9.17, 15) is 4.55 Å². The monoisotopic (exact) mass is 288 g/mol. The second kappa shape index (κ2) is 4.63. The van der Waals surface area contributed by atoms with E-state index in [2.05, 4.69) is 16.3 Å². The molecule has 5 heteroatoms. The van der Waals surface area contributed by atoms with Crippen LogP contribution in [0.2, 0.25) is 0 Å². The van der Waals surface area contributed by atoms with Crippen molar-refractivity contribution >= 4 is 22.3 Å². The summed E-state index contributed by atoms with van der Waals surface area (Å²) in [5.41, 5.74) is 3.74. The first kappa shape index (κ1) is 12.5. The normalized spacial score (nSPS) is 21.9. The first-order valence-corrected chi connectivity index (χ1v) is 7.84. The van der Waals surface area contributed by atoms with Crippen LogP contribution in [0.3, 0.4) is 0 Å². The highest BCUT2D eigenvalue weighted by Crippen LogP contribution is 2.30. The number of benzene rings is 1. The van der Waals surface area contributed by atoms with Gasteiger partial charge in [0.1, 0.15) is 5.58 Å². The molecule has 2 aliphatic heterocycles. The Bertz CT molecular complexity index is 676. The summed E-state index contributed by atoms with van der Waals surface area (Å²) in [7, 11) is 2.13. The third kappa shape index (κ3) is 1.98. The van der Waals surface area contributed by atoms with Gasteiger partial charge in [0.25, 0.3) is 0 Å². The molecule has 1 aromatic heterocycles. The minimum Gasteiger partial charge on any atom is -0.593 e. The van der Waals surface area contributed by atoms with Crippen LogP contribution in [0.1, 0.15) is 0 Å². The summed E-state index contributed by atoms with van der Waals surface area (Å²) in [6.45, 7) is 3.69. The van der Waals surface area contributed by atoms with Crippen LogP contribution in [0.4, 0.5) is 0 Å². The summed E-state index contributed by atoms with van der Waals surface area (Å²) < 4.78 is 20.1. The van der Waals surface area contributed by atoms with Crippen LogP contribution in [-0.2, 0) is 11.4 Å². The molecule has 0 spiro atoms. The van der Waals surface area contributed by atoms with Gasteiger partial charge in [0.05, 0.1) is 30.7 Å². The molecular formula is C15H16N2O2S. The molecule has 0 N–H and O–H groups in total. The highest BCUT2D eigenvalue weighted by atomic mass is 32.2. The zero-order valence-corrected chi connectivity index (χ0v) is 12.2. The number of likely N-dealkylation sites (N-methyl/N-ethyl adjacent to an activating group) is 1. The first-order chi connectivity index (χ1) is 9.70. The van der Waals surface area contributed by atoms with Gasteiger partial charge in [-0.25, -0.2) is 0 Å². The summed E-state index contributed by atoms with van der Waals surface area (Å²) in [5.74, 6) is 0. The smallest absolute Gasteiger partial charge is 0.175 e. The van der Waals surface area contributed by atoms with Crippen molar-refractivity contribution in [1.29, 1.82) is 0 Å². The van der Waals surface area contributed by atoms with Crippen LogP contribution in [0.15, 0.2) is 51.0 Å². The third-order valence-electron chi connectivity index (χ3n) is 4.02. The summed E-state index contributed by atoms with van der Waals surface area (Å²) in [6, 6.07) is 7.67. The Morgan fingerprint density at radius 3 is 2.60 bits per heavy atom. The zero-order valence-electron chi connectivity index (χ0n) is 11.3. The molecule has 2 aromatic rings. The van der Waals surface area contributed by atoms with Crippen LogP contribution in [0.25, 0.3) is 11.0 Å². The number of fused-ring (bicyclic) bond motifs is 1. The van der Waals surface area contributed by atoms with E-state index in [4.69, 9.17) is 4.42 Å². The minimum atomic E-state index is -1.09. The lowest BCUT2D eigenvalue weighted by Gasteiger charge is -2.22. The van der Waals surface area contributed by atoms with Crippen molar-refractivity contribution in [2.24, 2.45) is 0 Å². The Morgan fingerprint density at radius 2 is 1.85 bits per heavy atom. The fraction of sp³-hybridized carbons (Fsp3) is 0.333. The SMILES string of the molecule is CN1CC2=C(C1)CN([S+]([O-])c1ccc3occc3c1)C2. The fourth-order valence-corrected chi connectivity index (χ4v) is 4.31. The Kier molecular flexibility index (Phi) is 2.89. The third-order valence-corrected chi connectivity index (χ3v) is 5.40. The van der Waals surface area contributed by atoms with E-state index >= 15 is 0 Å². The van der Waals surface area contributed by atoms with E-state index in [0.29, 0.717) is 0 Å². The molecule has 20 heavy (non-hydrogen) atoms. The lowest BCUT2D eigenvalue weighted by Crippen LogP contribution is -2.33. The highest BCUT2D eigenvalue weighted by molar-refractivity contribution is 7.89. The van der Waals surface area contributed by atoms with Crippen molar-refractivity contribution in [2.75, 3.05) is 33.2 Å². The van der Waals surface area contributed by atoms with Crippen molar-refractivity contribution in [2.45, 2.75) is 4.90 Å². The predicted molar refractivity (Wildman–Crippen MR) is 78.7 cm³/mol. The number of rotatable bonds is 2. The molecule has 1 atom stereocenters. The van der Waals surface area contributed by atoms with Gasteiger partial charge in [0.2, 0.25) is 0 Å². The number of hydrogen-bond donors (Lipinski definition) is 0. The molecule has 0 bridgehead atoms. The Labute approximate surface area is 121 Å². The Hall–Kier alpha value is -1.27. The molecule has 104 valence electrons. The second-order valence-corrected chi connectivity index (χ2v) is 7.03. The van der Waals surface area contributed by atoms with E-state index in [-0.39, 0.29) is 0 Å². The second-order valence-electron chi connectivity index (χ2n) is 5.55. The van der Waals surface area contributed by atoms with Crippen LogP contribution in [-0.4, -0.2) is 47.0 Å². The lowest BCUT2D eigenvalue weighted by atomic mass is 10.2. The maximum atomic E-state index is 12.7. The number of hydrogen-bond acceptors (Lipinski definition) is 4.